The number of hydrogen-bond donors (Lipinski definition) is 2. The highest BCUT2D eigenvalue weighted by atomic mass is 79.9. The lowest BCUT2D eigenvalue weighted by Crippen LogP contribution is -2.29. The molecule has 1 atom stereocenters. The van der Waals surface area contributed by atoms with Crippen LogP contribution < -0.4 is 5.32 Å². The zero-order valence-electron chi connectivity index (χ0n) is 14.7. The molecule has 0 aliphatic heterocycles. The van der Waals surface area contributed by atoms with E-state index in [1.807, 2.05) is 30.3 Å². The molecule has 0 saturated carbocycles. The van der Waals surface area contributed by atoms with Crippen molar-refractivity contribution in [1.82, 2.24) is 9.88 Å². The predicted octanol–water partition coefficient (Wildman–Crippen LogP) is 5.47. The van der Waals surface area contributed by atoms with Gasteiger partial charge in [0.15, 0.2) is 0 Å². The fraction of sp³-hybridized carbons (Fsp3) is 0.182. The number of halogens is 2. The van der Waals surface area contributed by atoms with Gasteiger partial charge in [-0.1, -0.05) is 62.2 Å². The molecule has 1 aromatic heterocycles. The quantitative estimate of drug-likeness (QED) is 0.378. The molecular formula is C22H20Br2N2O. The number of rotatable bonds is 6. The van der Waals surface area contributed by atoms with Crippen molar-refractivity contribution >= 4 is 53.7 Å². The molecule has 27 heavy (non-hydrogen) atoms. The molecule has 0 aliphatic rings. The highest BCUT2D eigenvalue weighted by Gasteiger charge is 2.14. The van der Waals surface area contributed by atoms with Crippen molar-refractivity contribution in [3.63, 3.8) is 0 Å². The summed E-state index contributed by atoms with van der Waals surface area (Å²) in [7, 11) is 0. The second-order valence-electron chi connectivity index (χ2n) is 6.70. The first-order valence-electron chi connectivity index (χ1n) is 8.91. The van der Waals surface area contributed by atoms with Crippen LogP contribution in [0.25, 0.3) is 21.8 Å². The second-order valence-corrected chi connectivity index (χ2v) is 8.54. The van der Waals surface area contributed by atoms with Gasteiger partial charge >= 0.3 is 0 Å². The summed E-state index contributed by atoms with van der Waals surface area (Å²) >= 11 is 7.15. The van der Waals surface area contributed by atoms with Gasteiger partial charge in [-0.15, -0.1) is 0 Å². The van der Waals surface area contributed by atoms with E-state index in [4.69, 9.17) is 0 Å². The molecule has 2 N–H and O–H groups in total. The molecular weight excluding hydrogens is 468 g/mol. The number of aromatic nitrogens is 1. The standard InChI is InChI=1S/C22H20Br2N2O/c23-16-6-8-21-19(10-16)20-11-17(24)7-9-22(20)26(21)14-18(27)13-25-12-15-4-2-1-3-5-15/h1-11,18,25,27H,12-14H2/t18-/m1/s1. The molecule has 0 radical (unpaired) electrons. The molecule has 0 unspecified atom stereocenters. The van der Waals surface area contributed by atoms with Crippen molar-refractivity contribution in [3.05, 3.63) is 81.2 Å². The van der Waals surface area contributed by atoms with Crippen molar-refractivity contribution in [2.24, 2.45) is 0 Å². The van der Waals surface area contributed by atoms with Gasteiger partial charge in [-0.2, -0.15) is 0 Å². The summed E-state index contributed by atoms with van der Waals surface area (Å²) in [6, 6.07) is 22.8. The Kier molecular flexibility index (Phi) is 5.64. The van der Waals surface area contributed by atoms with Gasteiger partial charge in [0, 0.05) is 43.8 Å². The van der Waals surface area contributed by atoms with E-state index in [1.54, 1.807) is 0 Å². The summed E-state index contributed by atoms with van der Waals surface area (Å²) in [5.41, 5.74) is 3.48. The van der Waals surface area contributed by atoms with Crippen LogP contribution in [-0.2, 0) is 13.1 Å². The molecule has 0 amide bonds. The number of aliphatic hydroxyl groups is 1. The third-order valence-corrected chi connectivity index (χ3v) is 5.72. The monoisotopic (exact) mass is 486 g/mol. The lowest BCUT2D eigenvalue weighted by atomic mass is 10.2. The summed E-state index contributed by atoms with van der Waals surface area (Å²) in [5, 5.41) is 16.3. The van der Waals surface area contributed by atoms with Crippen LogP contribution in [0.1, 0.15) is 5.56 Å². The van der Waals surface area contributed by atoms with Crippen LogP contribution >= 0.6 is 31.9 Å². The number of fused-ring (bicyclic) bond motifs is 3. The molecule has 0 spiro atoms. The Morgan fingerprint density at radius 3 is 2.04 bits per heavy atom. The summed E-state index contributed by atoms with van der Waals surface area (Å²) < 4.78 is 4.32. The normalized spacial score (nSPS) is 12.7. The fourth-order valence-electron chi connectivity index (χ4n) is 3.50. The van der Waals surface area contributed by atoms with Gasteiger partial charge in [0.1, 0.15) is 0 Å². The van der Waals surface area contributed by atoms with E-state index in [1.165, 1.54) is 16.3 Å². The fourth-order valence-corrected chi connectivity index (χ4v) is 4.22. The minimum atomic E-state index is -0.472. The molecule has 3 nitrogen and oxygen atoms in total. The van der Waals surface area contributed by atoms with Crippen molar-refractivity contribution in [3.8, 4) is 0 Å². The first-order chi connectivity index (χ1) is 13.1. The van der Waals surface area contributed by atoms with Crippen molar-refractivity contribution in [2.75, 3.05) is 6.54 Å². The maximum Gasteiger partial charge on any atom is 0.0843 e. The molecule has 0 saturated heterocycles. The van der Waals surface area contributed by atoms with E-state index in [0.29, 0.717) is 13.1 Å². The minimum absolute atomic E-state index is 0.472. The summed E-state index contributed by atoms with van der Waals surface area (Å²) in [6.45, 7) is 1.85. The van der Waals surface area contributed by atoms with Crippen molar-refractivity contribution in [2.45, 2.75) is 19.2 Å². The van der Waals surface area contributed by atoms with Gasteiger partial charge in [0.05, 0.1) is 12.6 Å². The summed E-state index contributed by atoms with van der Waals surface area (Å²) in [5.74, 6) is 0. The number of aliphatic hydroxyl groups excluding tert-OH is 1. The smallest absolute Gasteiger partial charge is 0.0843 e. The lowest BCUT2D eigenvalue weighted by Gasteiger charge is -2.15. The molecule has 4 aromatic rings. The molecule has 5 heteroatoms. The van der Waals surface area contributed by atoms with E-state index < -0.39 is 6.10 Å². The summed E-state index contributed by atoms with van der Waals surface area (Å²) in [4.78, 5) is 0. The molecule has 138 valence electrons. The molecule has 3 aromatic carbocycles. The Bertz CT molecular complexity index is 1020. The van der Waals surface area contributed by atoms with Crippen LogP contribution in [0.5, 0.6) is 0 Å². The van der Waals surface area contributed by atoms with Gasteiger partial charge in [0.2, 0.25) is 0 Å². The van der Waals surface area contributed by atoms with E-state index in [-0.39, 0.29) is 0 Å². The predicted molar refractivity (Wildman–Crippen MR) is 119 cm³/mol. The average molecular weight is 488 g/mol. The summed E-state index contributed by atoms with van der Waals surface area (Å²) in [6.07, 6.45) is -0.472. The molecule has 0 aliphatic carbocycles. The van der Waals surface area contributed by atoms with Crippen LogP contribution in [-0.4, -0.2) is 22.3 Å². The Balaban J connectivity index is 1.57. The Hall–Kier alpha value is -1.66. The van der Waals surface area contributed by atoms with Crippen LogP contribution in [0.15, 0.2) is 75.7 Å². The first kappa shape index (κ1) is 18.7. The Morgan fingerprint density at radius 2 is 1.44 bits per heavy atom. The highest BCUT2D eigenvalue weighted by Crippen LogP contribution is 2.33. The van der Waals surface area contributed by atoms with Gasteiger partial charge in [-0.3, -0.25) is 0 Å². The van der Waals surface area contributed by atoms with E-state index in [0.717, 1.165) is 26.5 Å². The van der Waals surface area contributed by atoms with E-state index in [9.17, 15) is 5.11 Å². The third-order valence-electron chi connectivity index (χ3n) is 4.73. The SMILES string of the molecule is O[C@H](CNCc1ccccc1)Cn1c2ccc(Br)cc2c2cc(Br)ccc21. The third kappa shape index (κ3) is 4.11. The zero-order chi connectivity index (χ0) is 18.8. The number of benzene rings is 3. The van der Waals surface area contributed by atoms with Crippen LogP contribution in [0.4, 0.5) is 0 Å². The molecule has 4 rings (SSSR count). The van der Waals surface area contributed by atoms with Crippen molar-refractivity contribution in [1.29, 1.82) is 0 Å². The number of nitrogens with one attached hydrogen (secondary N) is 1. The molecule has 0 fully saturated rings. The number of nitrogens with zero attached hydrogens (tertiary/aromatic N) is 1. The van der Waals surface area contributed by atoms with Crippen molar-refractivity contribution < 1.29 is 5.11 Å². The minimum Gasteiger partial charge on any atom is -0.390 e. The average Bonchev–Trinajstić information content (AvgIpc) is 2.95. The maximum atomic E-state index is 10.6. The Morgan fingerprint density at radius 1 is 0.852 bits per heavy atom. The van der Waals surface area contributed by atoms with Crippen LogP contribution in [0.3, 0.4) is 0 Å². The zero-order valence-corrected chi connectivity index (χ0v) is 17.9. The van der Waals surface area contributed by atoms with E-state index >= 15 is 0 Å². The van der Waals surface area contributed by atoms with Gasteiger partial charge < -0.3 is 15.0 Å². The lowest BCUT2D eigenvalue weighted by molar-refractivity contribution is 0.154. The molecule has 0 bridgehead atoms. The van der Waals surface area contributed by atoms with Gasteiger partial charge in [0.25, 0.3) is 0 Å². The Labute approximate surface area is 175 Å². The maximum absolute atomic E-state index is 10.6. The highest BCUT2D eigenvalue weighted by molar-refractivity contribution is 9.10. The van der Waals surface area contributed by atoms with Gasteiger partial charge in [-0.25, -0.2) is 0 Å². The first-order valence-corrected chi connectivity index (χ1v) is 10.5. The molecule has 1 heterocycles. The van der Waals surface area contributed by atoms with Crippen LogP contribution in [0.2, 0.25) is 0 Å². The van der Waals surface area contributed by atoms with Gasteiger partial charge in [-0.05, 0) is 42.0 Å². The van der Waals surface area contributed by atoms with Crippen LogP contribution in [0, 0.1) is 0 Å². The topological polar surface area (TPSA) is 37.2 Å². The van der Waals surface area contributed by atoms with E-state index in [2.05, 4.69) is 78.1 Å². The largest absolute Gasteiger partial charge is 0.390 e. The number of hydrogen-bond acceptors (Lipinski definition) is 2. The second kappa shape index (κ2) is 8.15.